The quantitative estimate of drug-likeness (QED) is 0.860. The fourth-order valence-corrected chi connectivity index (χ4v) is 2.35. The van der Waals surface area contributed by atoms with Crippen molar-refractivity contribution in [1.29, 1.82) is 0 Å². The van der Waals surface area contributed by atoms with Gasteiger partial charge in [-0.2, -0.15) is 0 Å². The number of carbonyl (C=O) groups excluding carboxylic acids is 1. The lowest BCUT2D eigenvalue weighted by Gasteiger charge is -2.10. The molecule has 1 atom stereocenters. The van der Waals surface area contributed by atoms with Crippen molar-refractivity contribution < 1.29 is 9.18 Å². The maximum atomic E-state index is 14.0. The number of hydrogen-bond donors (Lipinski definition) is 1. The minimum absolute atomic E-state index is 0.163. The molecule has 1 aliphatic rings. The summed E-state index contributed by atoms with van der Waals surface area (Å²) < 4.78 is 14.0. The number of carbonyl (C=O) groups is 1. The van der Waals surface area contributed by atoms with Gasteiger partial charge >= 0.3 is 0 Å². The first-order valence-corrected chi connectivity index (χ1v) is 6.36. The fourth-order valence-electron chi connectivity index (χ4n) is 2.35. The first kappa shape index (κ1) is 12.7. The zero-order valence-electron chi connectivity index (χ0n) is 10.7. The van der Waals surface area contributed by atoms with E-state index in [9.17, 15) is 9.18 Å². The number of aliphatic imine (C=N–C) groups is 1. The van der Waals surface area contributed by atoms with Crippen molar-refractivity contribution >= 4 is 11.5 Å². The highest BCUT2D eigenvalue weighted by Gasteiger charge is 2.24. The smallest absolute Gasteiger partial charge is 0.175 e. The monoisotopic (exact) mass is 268 g/mol. The van der Waals surface area contributed by atoms with E-state index in [1.807, 2.05) is 24.3 Å². The van der Waals surface area contributed by atoms with Crippen LogP contribution in [-0.2, 0) is 11.2 Å². The van der Waals surface area contributed by atoms with Crippen LogP contribution in [-0.4, -0.2) is 17.7 Å². The van der Waals surface area contributed by atoms with Crippen molar-refractivity contribution in [3.63, 3.8) is 0 Å². The number of halogens is 1. The molecule has 3 rings (SSSR count). The Morgan fingerprint density at radius 3 is 2.45 bits per heavy atom. The van der Waals surface area contributed by atoms with E-state index in [2.05, 4.69) is 4.99 Å². The third-order valence-electron chi connectivity index (χ3n) is 3.36. The van der Waals surface area contributed by atoms with Crippen LogP contribution in [0.4, 0.5) is 4.39 Å². The molecular formula is C16H13FN2O. The third-order valence-corrected chi connectivity index (χ3v) is 3.36. The van der Waals surface area contributed by atoms with Crippen LogP contribution in [0.1, 0.15) is 16.7 Å². The molecule has 4 heteroatoms. The fraction of sp³-hybridized carbons (Fsp3) is 0.125. The number of rotatable bonds is 1. The van der Waals surface area contributed by atoms with Crippen LogP contribution in [0.2, 0.25) is 0 Å². The van der Waals surface area contributed by atoms with Crippen LogP contribution in [0, 0.1) is 5.82 Å². The summed E-state index contributed by atoms with van der Waals surface area (Å²) >= 11 is 0. The maximum absolute atomic E-state index is 14.0. The topological polar surface area (TPSA) is 55.4 Å². The second-order valence-electron chi connectivity index (χ2n) is 4.70. The number of Topliss-reactive ketones (excluding diaryl/α,β-unsaturated/α-hetero) is 1. The number of hydrogen-bond acceptors (Lipinski definition) is 3. The number of benzene rings is 2. The molecule has 100 valence electrons. The minimum Gasteiger partial charge on any atom is -0.303 e. The highest BCUT2D eigenvalue weighted by Crippen LogP contribution is 2.22. The largest absolute Gasteiger partial charge is 0.303 e. The SMILES string of the molecule is NC1N=C(c2ccccc2F)c2ccccc2CC1=O. The van der Waals surface area contributed by atoms with Gasteiger partial charge in [-0.25, -0.2) is 4.39 Å². The molecule has 0 aliphatic carbocycles. The lowest BCUT2D eigenvalue weighted by molar-refractivity contribution is -0.119. The predicted molar refractivity (Wildman–Crippen MR) is 75.2 cm³/mol. The second-order valence-corrected chi connectivity index (χ2v) is 4.70. The van der Waals surface area contributed by atoms with Crippen LogP contribution < -0.4 is 5.73 Å². The third kappa shape index (κ3) is 2.14. The van der Waals surface area contributed by atoms with Gasteiger partial charge in [-0.05, 0) is 17.7 Å². The molecule has 0 radical (unpaired) electrons. The molecule has 2 aromatic carbocycles. The van der Waals surface area contributed by atoms with Crippen LogP contribution in [0.5, 0.6) is 0 Å². The van der Waals surface area contributed by atoms with E-state index in [0.29, 0.717) is 11.3 Å². The Hall–Kier alpha value is -2.33. The Kier molecular flexibility index (Phi) is 3.16. The van der Waals surface area contributed by atoms with Gasteiger partial charge in [-0.3, -0.25) is 9.79 Å². The highest BCUT2D eigenvalue weighted by atomic mass is 19.1. The average Bonchev–Trinajstić information content (AvgIpc) is 2.57. The molecule has 1 unspecified atom stereocenters. The molecule has 1 heterocycles. The van der Waals surface area contributed by atoms with E-state index in [0.717, 1.165) is 11.1 Å². The van der Waals surface area contributed by atoms with Crippen LogP contribution >= 0.6 is 0 Å². The second kappa shape index (κ2) is 4.98. The molecule has 2 aromatic rings. The summed E-state index contributed by atoms with van der Waals surface area (Å²) in [6.45, 7) is 0. The first-order chi connectivity index (χ1) is 9.66. The van der Waals surface area contributed by atoms with Crippen LogP contribution in [0.3, 0.4) is 0 Å². The number of ketones is 1. The Balaban J connectivity index is 2.25. The lowest BCUT2D eigenvalue weighted by atomic mass is 9.95. The normalized spacial score (nSPS) is 18.2. The standard InChI is InChI=1S/C16H13FN2O/c17-13-8-4-3-7-12(13)15-11-6-2-1-5-10(11)9-14(20)16(18)19-15/h1-8,16H,9,18H2. The number of nitrogens with two attached hydrogens (primary N) is 1. The molecule has 3 nitrogen and oxygen atoms in total. The van der Waals surface area contributed by atoms with Gasteiger partial charge in [0.1, 0.15) is 5.82 Å². The van der Waals surface area contributed by atoms with Crippen LogP contribution in [0.15, 0.2) is 53.5 Å². The van der Waals surface area contributed by atoms with E-state index < -0.39 is 6.17 Å². The van der Waals surface area contributed by atoms with Crippen molar-refractivity contribution in [2.24, 2.45) is 10.7 Å². The van der Waals surface area contributed by atoms with Crippen molar-refractivity contribution in [1.82, 2.24) is 0 Å². The molecule has 2 N–H and O–H groups in total. The average molecular weight is 268 g/mol. The summed E-state index contributed by atoms with van der Waals surface area (Å²) in [5.74, 6) is -0.536. The zero-order valence-corrected chi connectivity index (χ0v) is 10.7. The summed E-state index contributed by atoms with van der Waals surface area (Å²) in [4.78, 5) is 16.1. The van der Waals surface area contributed by atoms with Crippen molar-refractivity contribution in [3.05, 3.63) is 71.0 Å². The van der Waals surface area contributed by atoms with E-state index in [-0.39, 0.29) is 18.0 Å². The molecule has 0 amide bonds. The Morgan fingerprint density at radius 1 is 1.05 bits per heavy atom. The van der Waals surface area contributed by atoms with Crippen molar-refractivity contribution in [2.45, 2.75) is 12.6 Å². The lowest BCUT2D eigenvalue weighted by Crippen LogP contribution is -2.29. The van der Waals surface area contributed by atoms with Gasteiger partial charge < -0.3 is 5.73 Å². The molecule has 20 heavy (non-hydrogen) atoms. The van der Waals surface area contributed by atoms with Gasteiger partial charge in [0, 0.05) is 17.5 Å². The maximum Gasteiger partial charge on any atom is 0.175 e. The van der Waals surface area contributed by atoms with E-state index in [4.69, 9.17) is 5.73 Å². The predicted octanol–water partition coefficient (Wildman–Crippen LogP) is 2.07. The Labute approximate surface area is 116 Å². The molecule has 1 aliphatic heterocycles. The summed E-state index contributed by atoms with van der Waals surface area (Å²) in [6, 6.07) is 13.8. The van der Waals surface area contributed by atoms with Crippen molar-refractivity contribution in [2.75, 3.05) is 0 Å². The number of nitrogens with zero attached hydrogens (tertiary/aromatic N) is 1. The summed E-state index contributed by atoms with van der Waals surface area (Å²) in [6.07, 6.45) is -0.726. The van der Waals surface area contributed by atoms with E-state index in [1.165, 1.54) is 6.07 Å². The van der Waals surface area contributed by atoms with Gasteiger partial charge in [-0.1, -0.05) is 36.4 Å². The zero-order chi connectivity index (χ0) is 14.1. The molecule has 0 aromatic heterocycles. The Morgan fingerprint density at radius 2 is 1.70 bits per heavy atom. The molecule has 0 saturated heterocycles. The molecule has 0 bridgehead atoms. The molecule has 0 saturated carbocycles. The first-order valence-electron chi connectivity index (χ1n) is 6.36. The summed E-state index contributed by atoms with van der Waals surface area (Å²) in [5, 5.41) is 0. The molecule has 0 fully saturated rings. The van der Waals surface area contributed by atoms with Crippen LogP contribution in [0.25, 0.3) is 0 Å². The van der Waals surface area contributed by atoms with Gasteiger partial charge in [0.25, 0.3) is 0 Å². The summed E-state index contributed by atoms with van der Waals surface area (Å²) in [7, 11) is 0. The van der Waals surface area contributed by atoms with E-state index in [1.54, 1.807) is 18.2 Å². The van der Waals surface area contributed by atoms with Gasteiger partial charge in [-0.15, -0.1) is 0 Å². The minimum atomic E-state index is -0.947. The molecule has 0 spiro atoms. The van der Waals surface area contributed by atoms with Crippen molar-refractivity contribution in [3.8, 4) is 0 Å². The van der Waals surface area contributed by atoms with Gasteiger partial charge in [0.2, 0.25) is 0 Å². The van der Waals surface area contributed by atoms with Gasteiger partial charge in [0.15, 0.2) is 11.9 Å². The highest BCUT2D eigenvalue weighted by molar-refractivity contribution is 6.16. The van der Waals surface area contributed by atoms with Gasteiger partial charge in [0.05, 0.1) is 5.71 Å². The summed E-state index contributed by atoms with van der Waals surface area (Å²) in [5.41, 5.74) is 8.17. The molecular weight excluding hydrogens is 255 g/mol. The van der Waals surface area contributed by atoms with E-state index >= 15 is 0 Å². The Bertz CT molecular complexity index is 709. The number of fused-ring (bicyclic) bond motifs is 1.